The highest BCUT2D eigenvalue weighted by Crippen LogP contribution is 2.27. The van der Waals surface area contributed by atoms with Gasteiger partial charge in [0.15, 0.2) is 5.76 Å². The zero-order chi connectivity index (χ0) is 20.7. The minimum absolute atomic E-state index is 0.225. The monoisotopic (exact) mass is 398 g/mol. The molecule has 1 aliphatic rings. The highest BCUT2D eigenvalue weighted by atomic mass is 16.5. The number of benzene rings is 3. The smallest absolute Gasteiger partial charge is 0.291 e. The Morgan fingerprint density at radius 3 is 2.37 bits per heavy atom. The number of fused-ring (bicyclic) bond motifs is 2. The molecule has 0 aliphatic carbocycles. The van der Waals surface area contributed by atoms with Crippen molar-refractivity contribution in [1.29, 1.82) is 0 Å². The van der Waals surface area contributed by atoms with Crippen molar-refractivity contribution in [3.8, 4) is 11.5 Å². The Kier molecular flexibility index (Phi) is 4.07. The number of para-hydroxylation sites is 1. The van der Waals surface area contributed by atoms with Gasteiger partial charge in [-0.05, 0) is 54.6 Å². The summed E-state index contributed by atoms with van der Waals surface area (Å²) in [6.45, 7) is 0. The number of anilines is 1. The first-order chi connectivity index (χ1) is 14.6. The Labute approximate surface area is 170 Å². The summed E-state index contributed by atoms with van der Waals surface area (Å²) in [5.74, 6) is -0.0362. The second-order valence-electron chi connectivity index (χ2n) is 6.72. The number of hydrogen-bond donors (Lipinski definition) is 2. The van der Waals surface area contributed by atoms with E-state index in [4.69, 9.17) is 9.15 Å². The van der Waals surface area contributed by atoms with Gasteiger partial charge >= 0.3 is 0 Å². The predicted molar refractivity (Wildman–Crippen MR) is 109 cm³/mol. The van der Waals surface area contributed by atoms with Gasteiger partial charge in [-0.15, -0.1) is 0 Å². The van der Waals surface area contributed by atoms with E-state index in [1.54, 1.807) is 48.5 Å². The van der Waals surface area contributed by atoms with Gasteiger partial charge in [0.25, 0.3) is 17.7 Å². The first kappa shape index (κ1) is 17.7. The summed E-state index contributed by atoms with van der Waals surface area (Å²) in [5.41, 5.74) is 1.84. The lowest BCUT2D eigenvalue weighted by Gasteiger charge is -2.08. The molecule has 1 aromatic heterocycles. The summed E-state index contributed by atoms with van der Waals surface area (Å²) >= 11 is 0. The number of imide groups is 1. The predicted octanol–water partition coefficient (Wildman–Crippen LogP) is 4.36. The molecule has 0 radical (unpaired) electrons. The van der Waals surface area contributed by atoms with Crippen molar-refractivity contribution >= 4 is 34.4 Å². The molecule has 0 saturated heterocycles. The van der Waals surface area contributed by atoms with Gasteiger partial charge in [0, 0.05) is 11.1 Å². The van der Waals surface area contributed by atoms with E-state index in [2.05, 4.69) is 10.6 Å². The van der Waals surface area contributed by atoms with Crippen LogP contribution in [-0.4, -0.2) is 17.7 Å². The fourth-order valence-corrected chi connectivity index (χ4v) is 3.24. The number of amides is 3. The molecule has 0 saturated carbocycles. The van der Waals surface area contributed by atoms with Crippen molar-refractivity contribution in [1.82, 2.24) is 5.32 Å². The van der Waals surface area contributed by atoms with Crippen molar-refractivity contribution in [2.75, 3.05) is 5.32 Å². The van der Waals surface area contributed by atoms with E-state index >= 15 is 0 Å². The number of nitrogens with one attached hydrogen (secondary N) is 2. The number of rotatable bonds is 4. The number of ether oxygens (including phenoxy) is 1. The average Bonchev–Trinajstić information content (AvgIpc) is 3.30. The molecule has 4 aromatic rings. The minimum atomic E-state index is -0.441. The molecule has 0 atom stereocenters. The number of carbonyl (C=O) groups excluding carboxylic acids is 3. The van der Waals surface area contributed by atoms with Crippen LogP contribution in [0.3, 0.4) is 0 Å². The molecule has 146 valence electrons. The van der Waals surface area contributed by atoms with Gasteiger partial charge in [0.1, 0.15) is 17.1 Å². The van der Waals surface area contributed by atoms with Gasteiger partial charge in [-0.2, -0.15) is 0 Å². The summed E-state index contributed by atoms with van der Waals surface area (Å²) in [6, 6.07) is 20.5. The second kappa shape index (κ2) is 6.89. The van der Waals surface area contributed by atoms with E-state index < -0.39 is 11.8 Å². The Balaban J connectivity index is 1.29. The van der Waals surface area contributed by atoms with E-state index in [9.17, 15) is 14.4 Å². The molecule has 0 fully saturated rings. The zero-order valence-corrected chi connectivity index (χ0v) is 15.5. The fraction of sp³-hybridized carbons (Fsp3) is 0. The van der Waals surface area contributed by atoms with Crippen LogP contribution in [-0.2, 0) is 0 Å². The van der Waals surface area contributed by atoms with E-state index in [1.165, 1.54) is 6.07 Å². The maximum Gasteiger partial charge on any atom is 0.291 e. The summed E-state index contributed by atoms with van der Waals surface area (Å²) in [7, 11) is 0. The second-order valence-corrected chi connectivity index (χ2v) is 6.72. The Morgan fingerprint density at radius 2 is 1.57 bits per heavy atom. The van der Waals surface area contributed by atoms with Crippen LogP contribution in [0.25, 0.3) is 11.0 Å². The molecule has 1 aliphatic heterocycles. The van der Waals surface area contributed by atoms with Crippen LogP contribution in [0.1, 0.15) is 31.3 Å². The molecule has 0 unspecified atom stereocenters. The van der Waals surface area contributed by atoms with Gasteiger partial charge in [-0.3, -0.25) is 19.7 Å². The molecule has 30 heavy (non-hydrogen) atoms. The third kappa shape index (κ3) is 3.18. The standard InChI is InChI=1S/C23H14N2O5/c26-21-17-10-9-16(12-18(17)22(27)25-21)29-15-7-5-14(6-8-15)24-23(28)20-11-13-3-1-2-4-19(13)30-20/h1-12H,(H,24,28)(H,25,26,27). The van der Waals surface area contributed by atoms with Crippen LogP contribution in [0, 0.1) is 0 Å². The molecule has 7 heteroatoms. The van der Waals surface area contributed by atoms with Crippen LogP contribution < -0.4 is 15.4 Å². The lowest BCUT2D eigenvalue weighted by atomic mass is 10.1. The summed E-state index contributed by atoms with van der Waals surface area (Å²) < 4.78 is 11.3. The molecule has 3 aromatic carbocycles. The molecular formula is C23H14N2O5. The number of furan rings is 1. The average molecular weight is 398 g/mol. The summed E-state index contributed by atoms with van der Waals surface area (Å²) in [5, 5.41) is 5.87. The van der Waals surface area contributed by atoms with E-state index in [1.807, 2.05) is 18.2 Å². The Bertz CT molecular complexity index is 1290. The Hall–Kier alpha value is -4.39. The van der Waals surface area contributed by atoms with Crippen molar-refractivity contribution in [2.45, 2.75) is 0 Å². The molecule has 0 spiro atoms. The number of carbonyl (C=O) groups is 3. The van der Waals surface area contributed by atoms with Gasteiger partial charge in [0.05, 0.1) is 11.1 Å². The van der Waals surface area contributed by atoms with Crippen molar-refractivity contribution in [2.24, 2.45) is 0 Å². The Morgan fingerprint density at radius 1 is 0.833 bits per heavy atom. The van der Waals surface area contributed by atoms with Crippen molar-refractivity contribution in [3.63, 3.8) is 0 Å². The van der Waals surface area contributed by atoms with Crippen molar-refractivity contribution in [3.05, 3.63) is 89.7 Å². The maximum absolute atomic E-state index is 12.4. The van der Waals surface area contributed by atoms with Crippen LogP contribution in [0.2, 0.25) is 0 Å². The van der Waals surface area contributed by atoms with E-state index in [0.717, 1.165) is 5.39 Å². The van der Waals surface area contributed by atoms with Crippen LogP contribution in [0.5, 0.6) is 11.5 Å². The SMILES string of the molecule is O=C(Nc1ccc(Oc2ccc3c(c2)C(=O)NC3=O)cc1)c1cc2ccccc2o1. The molecule has 3 amide bonds. The first-order valence-electron chi connectivity index (χ1n) is 9.14. The summed E-state index contributed by atoms with van der Waals surface area (Å²) in [4.78, 5) is 35.8. The minimum Gasteiger partial charge on any atom is -0.457 e. The quantitative estimate of drug-likeness (QED) is 0.498. The normalized spacial score (nSPS) is 12.5. The zero-order valence-electron chi connectivity index (χ0n) is 15.5. The molecule has 7 nitrogen and oxygen atoms in total. The largest absolute Gasteiger partial charge is 0.457 e. The highest BCUT2D eigenvalue weighted by molar-refractivity contribution is 6.21. The van der Waals surface area contributed by atoms with Crippen LogP contribution in [0.4, 0.5) is 5.69 Å². The summed E-state index contributed by atoms with van der Waals surface area (Å²) in [6.07, 6.45) is 0. The lowest BCUT2D eigenvalue weighted by molar-refractivity contribution is 0.0878. The van der Waals surface area contributed by atoms with Gasteiger partial charge in [-0.25, -0.2) is 0 Å². The first-order valence-corrected chi connectivity index (χ1v) is 9.14. The number of hydrogen-bond acceptors (Lipinski definition) is 5. The molecule has 2 N–H and O–H groups in total. The van der Waals surface area contributed by atoms with Crippen LogP contribution in [0.15, 0.2) is 77.2 Å². The molecule has 2 heterocycles. The van der Waals surface area contributed by atoms with Gasteiger partial charge < -0.3 is 14.5 Å². The topological polar surface area (TPSA) is 97.6 Å². The lowest BCUT2D eigenvalue weighted by Crippen LogP contribution is -2.19. The van der Waals surface area contributed by atoms with Gasteiger partial charge in [-0.1, -0.05) is 18.2 Å². The fourth-order valence-electron chi connectivity index (χ4n) is 3.24. The maximum atomic E-state index is 12.4. The van der Waals surface area contributed by atoms with Crippen molar-refractivity contribution < 1.29 is 23.5 Å². The third-order valence-corrected chi connectivity index (χ3v) is 4.70. The molecular weight excluding hydrogens is 384 g/mol. The highest BCUT2D eigenvalue weighted by Gasteiger charge is 2.26. The van der Waals surface area contributed by atoms with E-state index in [-0.39, 0.29) is 17.2 Å². The molecule has 5 rings (SSSR count). The van der Waals surface area contributed by atoms with Crippen LogP contribution >= 0.6 is 0 Å². The third-order valence-electron chi connectivity index (χ3n) is 4.70. The molecule has 0 bridgehead atoms. The van der Waals surface area contributed by atoms with Gasteiger partial charge in [0.2, 0.25) is 0 Å². The van der Waals surface area contributed by atoms with E-state index in [0.29, 0.717) is 28.3 Å².